The van der Waals surface area contributed by atoms with Gasteiger partial charge in [-0.2, -0.15) is 0 Å². The molecule has 7 heteroatoms. The highest BCUT2D eigenvalue weighted by Crippen LogP contribution is 2.19. The summed E-state index contributed by atoms with van der Waals surface area (Å²) in [6, 6.07) is 6.79. The number of benzene rings is 1. The van der Waals surface area contributed by atoms with Crippen molar-refractivity contribution in [2.75, 3.05) is 24.1 Å². The number of rotatable bonds is 4. The van der Waals surface area contributed by atoms with E-state index in [9.17, 15) is 13.2 Å². The molecule has 0 spiro atoms. The molecule has 6 nitrogen and oxygen atoms in total. The minimum absolute atomic E-state index is 0.0681. The molecule has 1 aliphatic rings. The first kappa shape index (κ1) is 15.6. The summed E-state index contributed by atoms with van der Waals surface area (Å²) in [5.74, 6) is 0. The first-order valence-corrected chi connectivity index (χ1v) is 8.87. The third kappa shape index (κ3) is 4.63. The predicted octanol–water partition coefficient (Wildman–Crippen LogP) is 1.92. The van der Waals surface area contributed by atoms with Crippen LogP contribution in [0.4, 0.5) is 10.5 Å². The van der Waals surface area contributed by atoms with E-state index in [-0.39, 0.29) is 12.1 Å². The molecule has 0 unspecified atom stereocenters. The lowest BCUT2D eigenvalue weighted by Gasteiger charge is -2.21. The topological polar surface area (TPSA) is 78.5 Å². The molecule has 0 aromatic heterocycles. The van der Waals surface area contributed by atoms with E-state index in [0.717, 1.165) is 37.8 Å². The Bertz CT molecular complexity index is 610. The second kappa shape index (κ2) is 6.34. The zero-order valence-corrected chi connectivity index (χ0v) is 13.1. The van der Waals surface area contributed by atoms with Gasteiger partial charge in [0.25, 0.3) is 0 Å². The van der Waals surface area contributed by atoms with Gasteiger partial charge in [0.05, 0.1) is 12.3 Å². The SMILES string of the molecule is C[C@@H](NC(=O)N1CCCC1)c1cccc(NS(C)(=O)=O)c1. The lowest BCUT2D eigenvalue weighted by atomic mass is 10.1. The lowest BCUT2D eigenvalue weighted by Crippen LogP contribution is -2.39. The van der Waals surface area contributed by atoms with Gasteiger partial charge in [0.1, 0.15) is 0 Å². The number of carbonyl (C=O) groups excluding carboxylic acids is 1. The molecule has 0 radical (unpaired) electrons. The Morgan fingerprint density at radius 3 is 2.57 bits per heavy atom. The maximum Gasteiger partial charge on any atom is 0.317 e. The average molecular weight is 311 g/mol. The number of hydrogen-bond acceptors (Lipinski definition) is 3. The number of anilines is 1. The number of nitrogens with one attached hydrogen (secondary N) is 2. The van der Waals surface area contributed by atoms with Crippen LogP contribution in [0.1, 0.15) is 31.4 Å². The van der Waals surface area contributed by atoms with Crippen molar-refractivity contribution in [3.63, 3.8) is 0 Å². The van der Waals surface area contributed by atoms with Crippen LogP contribution in [0, 0.1) is 0 Å². The summed E-state index contributed by atoms with van der Waals surface area (Å²) in [4.78, 5) is 13.8. The van der Waals surface area contributed by atoms with Crippen LogP contribution in [0.5, 0.6) is 0 Å². The van der Waals surface area contributed by atoms with Gasteiger partial charge in [-0.25, -0.2) is 13.2 Å². The molecule has 1 atom stereocenters. The smallest absolute Gasteiger partial charge is 0.317 e. The Morgan fingerprint density at radius 2 is 1.95 bits per heavy atom. The third-order valence-electron chi connectivity index (χ3n) is 3.42. The van der Waals surface area contributed by atoms with Crippen molar-refractivity contribution in [2.24, 2.45) is 0 Å². The summed E-state index contributed by atoms with van der Waals surface area (Å²) >= 11 is 0. The van der Waals surface area contributed by atoms with Gasteiger partial charge in [-0.05, 0) is 37.5 Å². The van der Waals surface area contributed by atoms with Gasteiger partial charge in [-0.3, -0.25) is 4.72 Å². The highest BCUT2D eigenvalue weighted by Gasteiger charge is 2.19. The largest absolute Gasteiger partial charge is 0.331 e. The quantitative estimate of drug-likeness (QED) is 0.891. The van der Waals surface area contributed by atoms with Crippen molar-refractivity contribution in [1.29, 1.82) is 0 Å². The first-order chi connectivity index (χ1) is 9.85. The van der Waals surface area contributed by atoms with Crippen molar-refractivity contribution < 1.29 is 13.2 Å². The van der Waals surface area contributed by atoms with E-state index in [0.29, 0.717) is 5.69 Å². The van der Waals surface area contributed by atoms with Crippen molar-refractivity contribution in [2.45, 2.75) is 25.8 Å². The van der Waals surface area contributed by atoms with Gasteiger partial charge < -0.3 is 10.2 Å². The van der Waals surface area contributed by atoms with Crippen LogP contribution < -0.4 is 10.0 Å². The second-order valence-electron chi connectivity index (χ2n) is 5.37. The molecule has 1 aromatic carbocycles. The number of nitrogens with zero attached hydrogens (tertiary/aromatic N) is 1. The zero-order valence-electron chi connectivity index (χ0n) is 12.3. The molecule has 21 heavy (non-hydrogen) atoms. The molecule has 2 rings (SSSR count). The number of amides is 2. The summed E-state index contributed by atoms with van der Waals surface area (Å²) in [5.41, 5.74) is 1.36. The van der Waals surface area contributed by atoms with Gasteiger partial charge in [0.2, 0.25) is 10.0 Å². The Hall–Kier alpha value is -1.76. The van der Waals surface area contributed by atoms with E-state index in [4.69, 9.17) is 0 Å². The molecule has 116 valence electrons. The fourth-order valence-electron chi connectivity index (χ4n) is 2.37. The lowest BCUT2D eigenvalue weighted by molar-refractivity contribution is 0.205. The van der Waals surface area contributed by atoms with Crippen molar-refractivity contribution in [3.05, 3.63) is 29.8 Å². The molecule has 0 bridgehead atoms. The molecule has 0 aliphatic carbocycles. The summed E-state index contributed by atoms with van der Waals surface area (Å²) in [7, 11) is -3.30. The number of hydrogen-bond donors (Lipinski definition) is 2. The van der Waals surface area contributed by atoms with Crippen LogP contribution >= 0.6 is 0 Å². The molecular weight excluding hydrogens is 290 g/mol. The van der Waals surface area contributed by atoms with E-state index in [1.54, 1.807) is 23.1 Å². The molecule has 0 saturated carbocycles. The molecule has 1 fully saturated rings. The number of sulfonamides is 1. The predicted molar refractivity (Wildman–Crippen MR) is 82.7 cm³/mol. The van der Waals surface area contributed by atoms with Crippen LogP contribution in [0.2, 0.25) is 0 Å². The van der Waals surface area contributed by atoms with E-state index >= 15 is 0 Å². The van der Waals surface area contributed by atoms with E-state index in [1.807, 2.05) is 13.0 Å². The van der Waals surface area contributed by atoms with E-state index in [1.165, 1.54) is 0 Å². The van der Waals surface area contributed by atoms with Gasteiger partial charge in [-0.1, -0.05) is 12.1 Å². The van der Waals surface area contributed by atoms with Crippen LogP contribution in [0.25, 0.3) is 0 Å². The second-order valence-corrected chi connectivity index (χ2v) is 7.11. The van der Waals surface area contributed by atoms with Crippen molar-refractivity contribution in [1.82, 2.24) is 10.2 Å². The van der Waals surface area contributed by atoms with Gasteiger partial charge in [-0.15, -0.1) is 0 Å². The highest BCUT2D eigenvalue weighted by molar-refractivity contribution is 7.92. The molecule has 2 N–H and O–H groups in total. The maximum atomic E-state index is 12.0. The van der Waals surface area contributed by atoms with Crippen LogP contribution in [0.3, 0.4) is 0 Å². The number of likely N-dealkylation sites (tertiary alicyclic amines) is 1. The minimum atomic E-state index is -3.30. The highest BCUT2D eigenvalue weighted by atomic mass is 32.2. The molecule has 1 aromatic rings. The van der Waals surface area contributed by atoms with Gasteiger partial charge in [0, 0.05) is 18.8 Å². The van der Waals surface area contributed by atoms with E-state index < -0.39 is 10.0 Å². The summed E-state index contributed by atoms with van der Waals surface area (Å²) in [6.07, 6.45) is 3.21. The summed E-state index contributed by atoms with van der Waals surface area (Å²) < 4.78 is 24.9. The molecule has 1 heterocycles. The monoisotopic (exact) mass is 311 g/mol. The van der Waals surface area contributed by atoms with Gasteiger partial charge in [0.15, 0.2) is 0 Å². The fraction of sp³-hybridized carbons (Fsp3) is 0.500. The third-order valence-corrected chi connectivity index (χ3v) is 4.03. The molecular formula is C14H21N3O3S. The van der Waals surface area contributed by atoms with E-state index in [2.05, 4.69) is 10.0 Å². The van der Waals surface area contributed by atoms with Gasteiger partial charge >= 0.3 is 6.03 Å². The van der Waals surface area contributed by atoms with Crippen molar-refractivity contribution >= 4 is 21.7 Å². The maximum absolute atomic E-state index is 12.0. The first-order valence-electron chi connectivity index (χ1n) is 6.98. The zero-order chi connectivity index (χ0) is 15.5. The van der Waals surface area contributed by atoms with Crippen LogP contribution in [-0.2, 0) is 10.0 Å². The van der Waals surface area contributed by atoms with Crippen molar-refractivity contribution in [3.8, 4) is 0 Å². The average Bonchev–Trinajstić information content (AvgIpc) is 2.90. The molecule has 2 amide bonds. The Kier molecular flexibility index (Phi) is 4.72. The Labute approximate surface area is 125 Å². The minimum Gasteiger partial charge on any atom is -0.331 e. The summed E-state index contributed by atoms with van der Waals surface area (Å²) in [6.45, 7) is 3.48. The number of urea groups is 1. The normalized spacial score (nSPS) is 16.6. The van der Waals surface area contributed by atoms with Crippen LogP contribution in [-0.4, -0.2) is 38.7 Å². The fourth-order valence-corrected chi connectivity index (χ4v) is 2.92. The Morgan fingerprint density at radius 1 is 1.29 bits per heavy atom. The Balaban J connectivity index is 2.03. The molecule has 1 saturated heterocycles. The standard InChI is InChI=1S/C14H21N3O3S/c1-11(15-14(18)17-8-3-4-9-17)12-6-5-7-13(10-12)16-21(2,19)20/h5-7,10-11,16H,3-4,8-9H2,1-2H3,(H,15,18)/t11-/m1/s1. The summed E-state index contributed by atoms with van der Waals surface area (Å²) in [5, 5.41) is 2.94. The van der Waals surface area contributed by atoms with Crippen LogP contribution in [0.15, 0.2) is 24.3 Å². The number of carbonyl (C=O) groups is 1. The molecule has 1 aliphatic heterocycles.